The molecule has 104 valence electrons. The van der Waals surface area contributed by atoms with Crippen LogP contribution in [0.3, 0.4) is 0 Å². The lowest BCUT2D eigenvalue weighted by Gasteiger charge is -2.18. The lowest BCUT2D eigenvalue weighted by Crippen LogP contribution is -2.12. The van der Waals surface area contributed by atoms with Crippen molar-refractivity contribution >= 4 is 17.9 Å². The van der Waals surface area contributed by atoms with E-state index < -0.39 is 0 Å². The van der Waals surface area contributed by atoms with E-state index in [1.165, 1.54) is 12.8 Å². The summed E-state index contributed by atoms with van der Waals surface area (Å²) >= 11 is 6.28. The van der Waals surface area contributed by atoms with Crippen molar-refractivity contribution in [1.82, 2.24) is 0 Å². The zero-order chi connectivity index (χ0) is 13.7. The number of hydrogen-bond acceptors (Lipinski definition) is 3. The third-order valence-electron chi connectivity index (χ3n) is 3.43. The lowest BCUT2D eigenvalue weighted by atomic mass is 10.1. The van der Waals surface area contributed by atoms with Crippen LogP contribution in [-0.4, -0.2) is 19.5 Å². The van der Waals surface area contributed by atoms with E-state index in [-0.39, 0.29) is 6.10 Å². The Hall–Kier alpha value is -1.22. The third kappa shape index (κ3) is 3.63. The van der Waals surface area contributed by atoms with E-state index >= 15 is 0 Å². The maximum atomic E-state index is 10.4. The van der Waals surface area contributed by atoms with E-state index in [0.717, 1.165) is 24.7 Å². The summed E-state index contributed by atoms with van der Waals surface area (Å²) in [5.41, 5.74) is 0.993. The van der Waals surface area contributed by atoms with Crippen LogP contribution >= 0.6 is 11.6 Å². The molecule has 0 spiro atoms. The van der Waals surface area contributed by atoms with Gasteiger partial charge in [-0.2, -0.15) is 0 Å². The largest absolute Gasteiger partial charge is 0.493 e. The van der Waals surface area contributed by atoms with E-state index in [0.29, 0.717) is 29.4 Å². The first-order valence-electron chi connectivity index (χ1n) is 6.71. The summed E-state index contributed by atoms with van der Waals surface area (Å²) in [6.45, 7) is 0. The Balaban J connectivity index is 2.18. The molecule has 2 rings (SSSR count). The van der Waals surface area contributed by atoms with Gasteiger partial charge in [-0.25, -0.2) is 0 Å². The van der Waals surface area contributed by atoms with Gasteiger partial charge in [0.2, 0.25) is 0 Å². The standard InChI is InChI=1S/C15H19ClO3/c1-18-14-10-11(5-4-8-17)9-13(16)15(14)19-12-6-2-3-7-12/h8-10,12H,2-7H2,1H3. The summed E-state index contributed by atoms with van der Waals surface area (Å²) in [5.74, 6) is 1.28. The monoisotopic (exact) mass is 282 g/mol. The summed E-state index contributed by atoms with van der Waals surface area (Å²) in [6, 6.07) is 3.76. The molecule has 0 unspecified atom stereocenters. The van der Waals surface area contributed by atoms with Gasteiger partial charge in [-0.15, -0.1) is 0 Å². The third-order valence-corrected chi connectivity index (χ3v) is 3.71. The highest BCUT2D eigenvalue weighted by Gasteiger charge is 2.20. The van der Waals surface area contributed by atoms with E-state index in [4.69, 9.17) is 21.1 Å². The Labute approximate surface area is 118 Å². The Kier molecular flexibility index (Phi) is 5.08. The number of methoxy groups -OCH3 is 1. The highest BCUT2D eigenvalue weighted by Crippen LogP contribution is 2.39. The fourth-order valence-electron chi connectivity index (χ4n) is 2.43. The quantitative estimate of drug-likeness (QED) is 0.745. The first-order chi connectivity index (χ1) is 9.24. The molecule has 1 fully saturated rings. The fraction of sp³-hybridized carbons (Fsp3) is 0.533. The molecule has 1 aromatic rings. The van der Waals surface area contributed by atoms with Gasteiger partial charge >= 0.3 is 0 Å². The number of carbonyl (C=O) groups is 1. The lowest BCUT2D eigenvalue weighted by molar-refractivity contribution is -0.107. The normalized spacial score (nSPS) is 15.5. The minimum Gasteiger partial charge on any atom is -0.493 e. The van der Waals surface area contributed by atoms with Crippen molar-refractivity contribution in [2.24, 2.45) is 0 Å². The molecule has 19 heavy (non-hydrogen) atoms. The van der Waals surface area contributed by atoms with E-state index in [1.807, 2.05) is 12.1 Å². The molecule has 0 N–H and O–H groups in total. The second-order valence-corrected chi connectivity index (χ2v) is 5.25. The van der Waals surface area contributed by atoms with Gasteiger partial charge in [0.15, 0.2) is 11.5 Å². The topological polar surface area (TPSA) is 35.5 Å². The van der Waals surface area contributed by atoms with Crippen LogP contribution in [0.1, 0.15) is 37.7 Å². The molecular weight excluding hydrogens is 264 g/mol. The van der Waals surface area contributed by atoms with Crippen LogP contribution in [-0.2, 0) is 11.2 Å². The minimum absolute atomic E-state index is 0.243. The second kappa shape index (κ2) is 6.80. The predicted octanol–water partition coefficient (Wildman–Crippen LogP) is 3.80. The number of carbonyl (C=O) groups excluding carboxylic acids is 1. The molecule has 0 bridgehead atoms. The van der Waals surface area contributed by atoms with Gasteiger partial charge in [-0.1, -0.05) is 11.6 Å². The van der Waals surface area contributed by atoms with Gasteiger partial charge in [0.05, 0.1) is 18.2 Å². The molecule has 3 nitrogen and oxygen atoms in total. The van der Waals surface area contributed by atoms with Crippen molar-refractivity contribution < 1.29 is 14.3 Å². The molecule has 0 heterocycles. The Bertz CT molecular complexity index is 439. The molecule has 0 aromatic heterocycles. The zero-order valence-electron chi connectivity index (χ0n) is 11.2. The number of ether oxygens (including phenoxy) is 2. The SMILES string of the molecule is COc1cc(CCC=O)cc(Cl)c1OC1CCCC1. The first kappa shape index (κ1) is 14.2. The highest BCUT2D eigenvalue weighted by atomic mass is 35.5. The van der Waals surface area contributed by atoms with Gasteiger partial charge < -0.3 is 14.3 Å². The Morgan fingerprint density at radius 3 is 2.74 bits per heavy atom. The van der Waals surface area contributed by atoms with Crippen LogP contribution in [0, 0.1) is 0 Å². The number of aldehydes is 1. The number of hydrogen-bond donors (Lipinski definition) is 0. The molecule has 0 aliphatic heterocycles. The number of rotatable bonds is 6. The van der Waals surface area contributed by atoms with E-state index in [9.17, 15) is 4.79 Å². The van der Waals surface area contributed by atoms with E-state index in [2.05, 4.69) is 0 Å². The molecule has 0 atom stereocenters. The van der Waals surface area contributed by atoms with Crippen LogP contribution in [0.2, 0.25) is 5.02 Å². The molecule has 1 aliphatic rings. The van der Waals surface area contributed by atoms with Gasteiger partial charge in [0.1, 0.15) is 6.29 Å². The Morgan fingerprint density at radius 2 is 2.11 bits per heavy atom. The molecule has 0 amide bonds. The van der Waals surface area contributed by atoms with Crippen LogP contribution < -0.4 is 9.47 Å². The van der Waals surface area contributed by atoms with Crippen molar-refractivity contribution in [2.75, 3.05) is 7.11 Å². The van der Waals surface area contributed by atoms with Gasteiger partial charge in [0.25, 0.3) is 0 Å². The molecule has 4 heteroatoms. The van der Waals surface area contributed by atoms with Crippen LogP contribution in [0.25, 0.3) is 0 Å². The predicted molar refractivity (Wildman–Crippen MR) is 75.3 cm³/mol. The van der Waals surface area contributed by atoms with Crippen molar-refractivity contribution in [3.8, 4) is 11.5 Å². The van der Waals surface area contributed by atoms with Crippen LogP contribution in [0.15, 0.2) is 12.1 Å². The molecular formula is C15H19ClO3. The molecule has 1 saturated carbocycles. The fourth-order valence-corrected chi connectivity index (χ4v) is 2.71. The average molecular weight is 283 g/mol. The minimum atomic E-state index is 0.243. The average Bonchev–Trinajstić information content (AvgIpc) is 2.91. The molecule has 0 saturated heterocycles. The zero-order valence-corrected chi connectivity index (χ0v) is 11.9. The van der Waals surface area contributed by atoms with Gasteiger partial charge in [-0.3, -0.25) is 0 Å². The summed E-state index contributed by atoms with van der Waals surface area (Å²) in [7, 11) is 1.61. The van der Waals surface area contributed by atoms with Crippen molar-refractivity contribution in [1.29, 1.82) is 0 Å². The molecule has 1 aromatic carbocycles. The maximum Gasteiger partial charge on any atom is 0.180 e. The summed E-state index contributed by atoms with van der Waals surface area (Å²) in [4.78, 5) is 10.4. The van der Waals surface area contributed by atoms with Crippen LogP contribution in [0.4, 0.5) is 0 Å². The number of aryl methyl sites for hydroxylation is 1. The summed E-state index contributed by atoms with van der Waals surface area (Å²) in [6.07, 6.45) is 6.88. The van der Waals surface area contributed by atoms with E-state index in [1.54, 1.807) is 7.11 Å². The number of halogens is 1. The Morgan fingerprint density at radius 1 is 1.37 bits per heavy atom. The van der Waals surface area contributed by atoms with Crippen molar-refractivity contribution in [2.45, 2.75) is 44.6 Å². The van der Waals surface area contributed by atoms with Crippen molar-refractivity contribution in [3.63, 3.8) is 0 Å². The second-order valence-electron chi connectivity index (χ2n) is 4.84. The smallest absolute Gasteiger partial charge is 0.180 e. The molecule has 1 aliphatic carbocycles. The summed E-state index contributed by atoms with van der Waals surface area (Å²) < 4.78 is 11.3. The summed E-state index contributed by atoms with van der Waals surface area (Å²) in [5, 5.41) is 0.562. The van der Waals surface area contributed by atoms with Crippen molar-refractivity contribution in [3.05, 3.63) is 22.7 Å². The van der Waals surface area contributed by atoms with Crippen LogP contribution in [0.5, 0.6) is 11.5 Å². The molecule has 0 radical (unpaired) electrons. The highest BCUT2D eigenvalue weighted by molar-refractivity contribution is 6.32. The van der Waals surface area contributed by atoms with Gasteiger partial charge in [-0.05, 0) is 49.8 Å². The number of benzene rings is 1. The first-order valence-corrected chi connectivity index (χ1v) is 7.09. The maximum absolute atomic E-state index is 10.4. The van der Waals surface area contributed by atoms with Gasteiger partial charge in [0, 0.05) is 6.42 Å².